The first-order chi connectivity index (χ1) is 5.33. The van der Waals surface area contributed by atoms with Crippen molar-refractivity contribution >= 4 is 18.3 Å². The van der Waals surface area contributed by atoms with Crippen molar-refractivity contribution in [3.63, 3.8) is 0 Å². The summed E-state index contributed by atoms with van der Waals surface area (Å²) in [5.74, 6) is 0.165. The summed E-state index contributed by atoms with van der Waals surface area (Å²) >= 11 is 0. The molecule has 1 aliphatic rings. The third-order valence-corrected chi connectivity index (χ3v) is 1.98. The number of halogens is 1. The molecule has 3 nitrogen and oxygen atoms in total. The summed E-state index contributed by atoms with van der Waals surface area (Å²) in [6.07, 6.45) is 2.89. The SMILES string of the molecule is CCC(=O)N[C@@H]1CCCNC1.Cl. The quantitative estimate of drug-likeness (QED) is 0.676. The van der Waals surface area contributed by atoms with E-state index in [-0.39, 0.29) is 18.3 Å². The van der Waals surface area contributed by atoms with Crippen molar-refractivity contribution < 1.29 is 4.79 Å². The number of carbonyl (C=O) groups excluding carboxylic acids is 1. The highest BCUT2D eigenvalue weighted by molar-refractivity contribution is 5.85. The minimum Gasteiger partial charge on any atom is -0.352 e. The highest BCUT2D eigenvalue weighted by Gasteiger charge is 2.13. The van der Waals surface area contributed by atoms with Crippen LogP contribution in [0.1, 0.15) is 26.2 Å². The number of carbonyl (C=O) groups is 1. The minimum absolute atomic E-state index is 0. The molecule has 1 amide bonds. The lowest BCUT2D eigenvalue weighted by Gasteiger charge is -2.23. The smallest absolute Gasteiger partial charge is 0.219 e. The van der Waals surface area contributed by atoms with Gasteiger partial charge in [0.15, 0.2) is 0 Å². The second-order valence-electron chi connectivity index (χ2n) is 2.96. The van der Waals surface area contributed by atoms with Gasteiger partial charge in [-0.1, -0.05) is 6.92 Å². The predicted molar refractivity (Wildman–Crippen MR) is 51.6 cm³/mol. The maximum Gasteiger partial charge on any atom is 0.219 e. The topological polar surface area (TPSA) is 41.1 Å². The summed E-state index contributed by atoms with van der Waals surface area (Å²) in [6.45, 7) is 3.91. The first-order valence-electron chi connectivity index (χ1n) is 4.33. The van der Waals surface area contributed by atoms with Crippen molar-refractivity contribution in [3.8, 4) is 0 Å². The van der Waals surface area contributed by atoms with Crippen LogP contribution in [0.5, 0.6) is 0 Å². The third kappa shape index (κ3) is 3.93. The van der Waals surface area contributed by atoms with Crippen LogP contribution in [0.25, 0.3) is 0 Å². The maximum atomic E-state index is 10.9. The molecule has 1 heterocycles. The standard InChI is InChI=1S/C8H16N2O.ClH/c1-2-8(11)10-7-4-3-5-9-6-7;/h7,9H,2-6H2,1H3,(H,10,11);1H/t7-;/m1./s1. The van der Waals surface area contributed by atoms with Gasteiger partial charge in [-0.2, -0.15) is 0 Å². The molecule has 2 N–H and O–H groups in total. The van der Waals surface area contributed by atoms with Crippen molar-refractivity contribution in [2.75, 3.05) is 13.1 Å². The lowest BCUT2D eigenvalue weighted by atomic mass is 10.1. The largest absolute Gasteiger partial charge is 0.352 e. The van der Waals surface area contributed by atoms with Crippen LogP contribution in [0.2, 0.25) is 0 Å². The van der Waals surface area contributed by atoms with Crippen molar-refractivity contribution in [1.82, 2.24) is 10.6 Å². The molecule has 0 spiro atoms. The molecule has 1 saturated heterocycles. The van der Waals surface area contributed by atoms with E-state index in [2.05, 4.69) is 10.6 Å². The first-order valence-corrected chi connectivity index (χ1v) is 4.33. The molecule has 0 aromatic carbocycles. The summed E-state index contributed by atoms with van der Waals surface area (Å²) in [5, 5.41) is 6.22. The van der Waals surface area contributed by atoms with Gasteiger partial charge >= 0.3 is 0 Å². The summed E-state index contributed by atoms with van der Waals surface area (Å²) in [5.41, 5.74) is 0. The fourth-order valence-electron chi connectivity index (χ4n) is 1.30. The molecule has 0 bridgehead atoms. The summed E-state index contributed by atoms with van der Waals surface area (Å²) in [6, 6.07) is 0.371. The third-order valence-electron chi connectivity index (χ3n) is 1.98. The van der Waals surface area contributed by atoms with Crippen LogP contribution < -0.4 is 10.6 Å². The van der Waals surface area contributed by atoms with Gasteiger partial charge in [0.2, 0.25) is 5.91 Å². The molecule has 0 aliphatic carbocycles. The number of hydrogen-bond acceptors (Lipinski definition) is 2. The van der Waals surface area contributed by atoms with Crippen molar-refractivity contribution in [2.45, 2.75) is 32.2 Å². The highest BCUT2D eigenvalue weighted by atomic mass is 35.5. The Labute approximate surface area is 79.7 Å². The lowest BCUT2D eigenvalue weighted by Crippen LogP contribution is -2.45. The number of piperidine rings is 1. The number of hydrogen-bond donors (Lipinski definition) is 2. The van der Waals surface area contributed by atoms with Gasteiger partial charge in [-0.15, -0.1) is 12.4 Å². The molecule has 1 fully saturated rings. The van der Waals surface area contributed by atoms with Crippen LogP contribution in [0.3, 0.4) is 0 Å². The van der Waals surface area contributed by atoms with Crippen LogP contribution in [-0.2, 0) is 4.79 Å². The van der Waals surface area contributed by atoms with Crippen molar-refractivity contribution in [1.29, 1.82) is 0 Å². The Balaban J connectivity index is 0.00000121. The molecule has 0 unspecified atom stereocenters. The summed E-state index contributed by atoms with van der Waals surface area (Å²) < 4.78 is 0. The van der Waals surface area contributed by atoms with Crippen molar-refractivity contribution in [2.24, 2.45) is 0 Å². The Morgan fingerprint density at radius 1 is 1.67 bits per heavy atom. The van der Waals surface area contributed by atoms with Gasteiger partial charge in [-0.25, -0.2) is 0 Å². The summed E-state index contributed by atoms with van der Waals surface area (Å²) in [4.78, 5) is 10.9. The Bertz CT molecular complexity index is 135. The van der Waals surface area contributed by atoms with Gasteiger partial charge in [-0.05, 0) is 19.4 Å². The molecule has 0 aromatic heterocycles. The molecule has 1 rings (SSSR count). The van der Waals surface area contributed by atoms with Gasteiger partial charge in [0.25, 0.3) is 0 Å². The normalized spacial score (nSPS) is 22.6. The number of amides is 1. The van der Waals surface area contributed by atoms with Crippen LogP contribution in [0, 0.1) is 0 Å². The molecular weight excluding hydrogens is 176 g/mol. The molecule has 4 heteroatoms. The van der Waals surface area contributed by atoms with E-state index in [0.717, 1.165) is 19.5 Å². The minimum atomic E-state index is 0. The zero-order valence-electron chi connectivity index (χ0n) is 7.43. The number of nitrogens with one attached hydrogen (secondary N) is 2. The lowest BCUT2D eigenvalue weighted by molar-refractivity contribution is -0.121. The molecule has 12 heavy (non-hydrogen) atoms. The van der Waals surface area contributed by atoms with Crippen LogP contribution >= 0.6 is 12.4 Å². The molecule has 0 saturated carbocycles. The Hall–Kier alpha value is -0.280. The fraction of sp³-hybridized carbons (Fsp3) is 0.875. The van der Waals surface area contributed by atoms with E-state index >= 15 is 0 Å². The molecule has 1 aliphatic heterocycles. The Kier molecular flexibility index (Phi) is 6.11. The van der Waals surface area contributed by atoms with E-state index < -0.39 is 0 Å². The summed E-state index contributed by atoms with van der Waals surface area (Å²) in [7, 11) is 0. The van der Waals surface area contributed by atoms with E-state index in [9.17, 15) is 4.79 Å². The molecule has 72 valence electrons. The van der Waals surface area contributed by atoms with Gasteiger partial charge in [-0.3, -0.25) is 4.79 Å². The van der Waals surface area contributed by atoms with Gasteiger partial charge in [0.1, 0.15) is 0 Å². The second kappa shape index (κ2) is 6.26. The predicted octanol–water partition coefficient (Wildman–Crippen LogP) is 0.686. The fourth-order valence-corrected chi connectivity index (χ4v) is 1.30. The average molecular weight is 193 g/mol. The van der Waals surface area contributed by atoms with Crippen LogP contribution in [0.4, 0.5) is 0 Å². The molecule has 0 radical (unpaired) electrons. The van der Waals surface area contributed by atoms with E-state index in [4.69, 9.17) is 0 Å². The molecule has 0 aromatic rings. The zero-order chi connectivity index (χ0) is 8.10. The van der Waals surface area contributed by atoms with Crippen LogP contribution in [-0.4, -0.2) is 25.0 Å². The van der Waals surface area contributed by atoms with Crippen molar-refractivity contribution in [3.05, 3.63) is 0 Å². The average Bonchev–Trinajstić information content (AvgIpc) is 2.06. The van der Waals surface area contributed by atoms with E-state index in [1.54, 1.807) is 0 Å². The van der Waals surface area contributed by atoms with Crippen LogP contribution in [0.15, 0.2) is 0 Å². The first kappa shape index (κ1) is 11.7. The molecular formula is C8H17ClN2O. The number of rotatable bonds is 2. The van der Waals surface area contributed by atoms with Gasteiger partial charge < -0.3 is 10.6 Å². The van der Waals surface area contributed by atoms with E-state index in [0.29, 0.717) is 12.5 Å². The monoisotopic (exact) mass is 192 g/mol. The Morgan fingerprint density at radius 2 is 2.42 bits per heavy atom. The van der Waals surface area contributed by atoms with Gasteiger partial charge in [0.05, 0.1) is 0 Å². The molecule has 1 atom stereocenters. The highest BCUT2D eigenvalue weighted by Crippen LogP contribution is 2.00. The zero-order valence-corrected chi connectivity index (χ0v) is 8.25. The van der Waals surface area contributed by atoms with E-state index in [1.165, 1.54) is 6.42 Å². The Morgan fingerprint density at radius 3 is 2.92 bits per heavy atom. The second-order valence-corrected chi connectivity index (χ2v) is 2.96. The maximum absolute atomic E-state index is 10.9. The van der Waals surface area contributed by atoms with E-state index in [1.807, 2.05) is 6.92 Å². The van der Waals surface area contributed by atoms with Gasteiger partial charge in [0, 0.05) is 19.0 Å².